The van der Waals surface area contributed by atoms with Gasteiger partial charge in [0, 0.05) is 5.56 Å². The first-order valence-corrected chi connectivity index (χ1v) is 8.20. The molecule has 0 bridgehead atoms. The van der Waals surface area contributed by atoms with Gasteiger partial charge in [-0.1, -0.05) is 60.7 Å². The summed E-state index contributed by atoms with van der Waals surface area (Å²) in [4.78, 5) is 0. The standard InChI is InChI=1S/C20H20O4/c1-3-7-15(8-4-1)13-22-17-11-12-21-18-14-23-20(24-19(17)18)16-9-5-2-6-10-16/h1-12,17-20H,13-14H2/t17?,18?,19-,20?/m1/s1. The number of rotatable bonds is 4. The molecule has 2 aliphatic rings. The summed E-state index contributed by atoms with van der Waals surface area (Å²) in [5.74, 6) is 0. The lowest BCUT2D eigenvalue weighted by Gasteiger charge is -2.40. The third kappa shape index (κ3) is 3.36. The molecule has 0 aromatic heterocycles. The molecule has 0 N–H and O–H groups in total. The van der Waals surface area contributed by atoms with Crippen LogP contribution in [0.2, 0.25) is 0 Å². The molecule has 124 valence electrons. The second-order valence-electron chi connectivity index (χ2n) is 5.94. The van der Waals surface area contributed by atoms with Gasteiger partial charge in [-0.2, -0.15) is 0 Å². The molecule has 0 radical (unpaired) electrons. The predicted molar refractivity (Wildman–Crippen MR) is 89.0 cm³/mol. The zero-order valence-corrected chi connectivity index (χ0v) is 13.3. The quantitative estimate of drug-likeness (QED) is 0.861. The largest absolute Gasteiger partial charge is 0.493 e. The van der Waals surface area contributed by atoms with Crippen molar-refractivity contribution in [2.45, 2.75) is 31.2 Å². The Morgan fingerprint density at radius 2 is 1.71 bits per heavy atom. The maximum absolute atomic E-state index is 6.15. The average Bonchev–Trinajstić information content (AvgIpc) is 2.67. The monoisotopic (exact) mass is 324 g/mol. The van der Waals surface area contributed by atoms with Crippen LogP contribution in [-0.4, -0.2) is 24.9 Å². The molecule has 0 amide bonds. The normalized spacial score (nSPS) is 28.8. The number of hydrogen-bond acceptors (Lipinski definition) is 4. The van der Waals surface area contributed by atoms with Crippen molar-refractivity contribution in [3.05, 3.63) is 84.1 Å². The molecule has 4 heteroatoms. The first-order chi connectivity index (χ1) is 11.9. The van der Waals surface area contributed by atoms with Gasteiger partial charge in [0.1, 0.15) is 12.2 Å². The molecule has 2 heterocycles. The summed E-state index contributed by atoms with van der Waals surface area (Å²) in [6, 6.07) is 20.1. The zero-order valence-electron chi connectivity index (χ0n) is 13.3. The number of fused-ring (bicyclic) bond motifs is 1. The van der Waals surface area contributed by atoms with Gasteiger partial charge in [0.2, 0.25) is 0 Å². The fourth-order valence-corrected chi connectivity index (χ4v) is 2.99. The van der Waals surface area contributed by atoms with Crippen molar-refractivity contribution in [2.24, 2.45) is 0 Å². The summed E-state index contributed by atoms with van der Waals surface area (Å²) in [5.41, 5.74) is 2.15. The van der Waals surface area contributed by atoms with Gasteiger partial charge in [0.15, 0.2) is 12.4 Å². The van der Waals surface area contributed by atoms with Gasteiger partial charge < -0.3 is 18.9 Å². The van der Waals surface area contributed by atoms with Gasteiger partial charge in [0.05, 0.1) is 19.5 Å². The molecule has 2 aromatic rings. The second kappa shape index (κ2) is 7.18. The third-order valence-corrected chi connectivity index (χ3v) is 4.26. The molecule has 4 rings (SSSR count). The Balaban J connectivity index is 1.45. The molecule has 0 aliphatic carbocycles. The van der Waals surface area contributed by atoms with Crippen LogP contribution in [0.25, 0.3) is 0 Å². The number of hydrogen-bond donors (Lipinski definition) is 0. The van der Waals surface area contributed by atoms with E-state index < -0.39 is 0 Å². The van der Waals surface area contributed by atoms with Crippen LogP contribution in [0.15, 0.2) is 73.0 Å². The molecule has 3 unspecified atom stereocenters. The van der Waals surface area contributed by atoms with Crippen molar-refractivity contribution in [1.82, 2.24) is 0 Å². The summed E-state index contributed by atoms with van der Waals surface area (Å²) < 4.78 is 23.7. The highest BCUT2D eigenvalue weighted by atomic mass is 16.7. The fraction of sp³-hybridized carbons (Fsp3) is 0.300. The minimum absolute atomic E-state index is 0.143. The van der Waals surface area contributed by atoms with E-state index in [1.54, 1.807) is 6.26 Å². The second-order valence-corrected chi connectivity index (χ2v) is 5.94. The molecule has 4 atom stereocenters. The predicted octanol–water partition coefficient (Wildman–Crippen LogP) is 3.60. The molecule has 0 saturated carbocycles. The fourth-order valence-electron chi connectivity index (χ4n) is 2.99. The zero-order chi connectivity index (χ0) is 16.2. The summed E-state index contributed by atoms with van der Waals surface area (Å²) in [5, 5.41) is 0. The Hall–Kier alpha value is -2.14. The first-order valence-electron chi connectivity index (χ1n) is 8.20. The summed E-state index contributed by atoms with van der Waals surface area (Å²) >= 11 is 0. The van der Waals surface area contributed by atoms with Crippen LogP contribution in [0.1, 0.15) is 17.4 Å². The van der Waals surface area contributed by atoms with Crippen LogP contribution >= 0.6 is 0 Å². The number of ether oxygens (including phenoxy) is 4. The Labute approximate surface area is 141 Å². The highest BCUT2D eigenvalue weighted by Crippen LogP contribution is 2.32. The van der Waals surface area contributed by atoms with Crippen LogP contribution in [0.4, 0.5) is 0 Å². The van der Waals surface area contributed by atoms with Crippen molar-refractivity contribution in [3.63, 3.8) is 0 Å². The van der Waals surface area contributed by atoms with Crippen LogP contribution in [0.3, 0.4) is 0 Å². The summed E-state index contributed by atoms with van der Waals surface area (Å²) in [7, 11) is 0. The van der Waals surface area contributed by atoms with Crippen LogP contribution in [-0.2, 0) is 25.6 Å². The van der Waals surface area contributed by atoms with E-state index in [4.69, 9.17) is 18.9 Å². The minimum atomic E-state index is -0.384. The Morgan fingerprint density at radius 1 is 0.958 bits per heavy atom. The Morgan fingerprint density at radius 3 is 2.50 bits per heavy atom. The third-order valence-electron chi connectivity index (χ3n) is 4.26. The summed E-state index contributed by atoms with van der Waals surface area (Å²) in [6.07, 6.45) is 2.74. The average molecular weight is 324 g/mol. The lowest BCUT2D eigenvalue weighted by atomic mass is 10.0. The van der Waals surface area contributed by atoms with E-state index >= 15 is 0 Å². The lowest BCUT2D eigenvalue weighted by Crippen LogP contribution is -2.50. The molecular formula is C20H20O4. The smallest absolute Gasteiger partial charge is 0.184 e. The molecule has 2 aromatic carbocycles. The van der Waals surface area contributed by atoms with Crippen LogP contribution in [0.5, 0.6) is 0 Å². The molecule has 0 spiro atoms. The van der Waals surface area contributed by atoms with Gasteiger partial charge in [-0.3, -0.25) is 0 Å². The van der Waals surface area contributed by atoms with Crippen molar-refractivity contribution in [1.29, 1.82) is 0 Å². The van der Waals surface area contributed by atoms with E-state index in [9.17, 15) is 0 Å². The van der Waals surface area contributed by atoms with E-state index in [1.807, 2.05) is 54.6 Å². The van der Waals surface area contributed by atoms with Gasteiger partial charge >= 0.3 is 0 Å². The lowest BCUT2D eigenvalue weighted by molar-refractivity contribution is -0.281. The van der Waals surface area contributed by atoms with Gasteiger partial charge in [0.25, 0.3) is 0 Å². The molecule has 1 saturated heterocycles. The topological polar surface area (TPSA) is 36.9 Å². The molecule has 1 fully saturated rings. The van der Waals surface area contributed by atoms with Gasteiger partial charge in [-0.25, -0.2) is 0 Å². The highest BCUT2D eigenvalue weighted by Gasteiger charge is 2.40. The van der Waals surface area contributed by atoms with Crippen molar-refractivity contribution in [2.75, 3.05) is 6.61 Å². The van der Waals surface area contributed by atoms with E-state index in [2.05, 4.69) is 12.1 Å². The van der Waals surface area contributed by atoms with Crippen LogP contribution in [0, 0.1) is 0 Å². The van der Waals surface area contributed by atoms with Crippen molar-refractivity contribution < 1.29 is 18.9 Å². The SMILES string of the molecule is C1=CC(OCc2ccccc2)[C@H]2OC(c3ccccc3)OCC2O1. The first kappa shape index (κ1) is 15.4. The maximum atomic E-state index is 6.15. The van der Waals surface area contributed by atoms with Gasteiger partial charge in [-0.05, 0) is 11.6 Å². The van der Waals surface area contributed by atoms with Crippen LogP contribution < -0.4 is 0 Å². The molecular weight excluding hydrogens is 304 g/mol. The van der Waals surface area contributed by atoms with Crippen molar-refractivity contribution in [3.8, 4) is 0 Å². The van der Waals surface area contributed by atoms with E-state index in [1.165, 1.54) is 0 Å². The summed E-state index contributed by atoms with van der Waals surface area (Å²) in [6.45, 7) is 1.03. The van der Waals surface area contributed by atoms with Gasteiger partial charge in [-0.15, -0.1) is 0 Å². The Bertz CT molecular complexity index is 671. The highest BCUT2D eigenvalue weighted by molar-refractivity contribution is 5.17. The van der Waals surface area contributed by atoms with E-state index in [0.29, 0.717) is 13.2 Å². The Kier molecular flexibility index (Phi) is 4.60. The van der Waals surface area contributed by atoms with E-state index in [0.717, 1.165) is 11.1 Å². The van der Waals surface area contributed by atoms with Crippen molar-refractivity contribution >= 4 is 0 Å². The molecule has 4 nitrogen and oxygen atoms in total. The maximum Gasteiger partial charge on any atom is 0.184 e. The molecule has 24 heavy (non-hydrogen) atoms. The molecule has 2 aliphatic heterocycles. The van der Waals surface area contributed by atoms with E-state index in [-0.39, 0.29) is 24.6 Å². The minimum Gasteiger partial charge on any atom is -0.493 e. The number of benzene rings is 2.